The Balaban J connectivity index is 2.94. The second kappa shape index (κ2) is 4.92. The summed E-state index contributed by atoms with van der Waals surface area (Å²) in [5.41, 5.74) is 0. The van der Waals surface area contributed by atoms with Crippen molar-refractivity contribution in [1.29, 1.82) is 0 Å². The zero-order chi connectivity index (χ0) is 11.5. The monoisotopic (exact) mass is 271 g/mol. The molecule has 0 fully saturated rings. The number of hydrogen-bond donors (Lipinski definition) is 3. The average molecular weight is 272 g/mol. The highest BCUT2D eigenvalue weighted by molar-refractivity contribution is 8.15. The molecule has 3 N–H and O–H groups in total. The second-order valence-corrected chi connectivity index (χ2v) is 6.51. The highest BCUT2D eigenvalue weighted by Crippen LogP contribution is 2.34. The van der Waals surface area contributed by atoms with Crippen molar-refractivity contribution in [3.05, 3.63) is 10.6 Å². The van der Waals surface area contributed by atoms with Crippen LogP contribution in [0.15, 0.2) is 10.6 Å². The van der Waals surface area contributed by atoms with Gasteiger partial charge in [-0.25, -0.2) is 13.1 Å². The maximum Gasteiger partial charge on any atom is 0.261 e. The Morgan fingerprint density at radius 3 is 2.60 bits per heavy atom. The van der Waals surface area contributed by atoms with Gasteiger partial charge in [0.25, 0.3) is 14.4 Å². The molecule has 0 aromatic heterocycles. The number of hydrogen-bond acceptors (Lipinski definition) is 5. The van der Waals surface area contributed by atoms with E-state index < -0.39 is 14.4 Å². The highest BCUT2D eigenvalue weighted by Gasteiger charge is 2.46. The van der Waals surface area contributed by atoms with Crippen LogP contribution < -0.4 is 15.4 Å². The minimum absolute atomic E-state index is 0.322. The largest absolute Gasteiger partial charge is 0.335 e. The fourth-order valence-corrected chi connectivity index (χ4v) is 4.29. The van der Waals surface area contributed by atoms with Gasteiger partial charge >= 0.3 is 0 Å². The van der Waals surface area contributed by atoms with E-state index in [1.807, 2.05) is 6.92 Å². The molecule has 15 heavy (non-hydrogen) atoms. The standard InChI is InChI=1S/C7H14ClN3O2S2/c1-3-9-7(11-6(8)5-14-7)15(12,13)10-4-2/h5,9-11H,3-4H2,1-2H3. The third-order valence-corrected chi connectivity index (χ3v) is 5.62. The predicted molar refractivity (Wildman–Crippen MR) is 63.7 cm³/mol. The van der Waals surface area contributed by atoms with E-state index in [2.05, 4.69) is 15.4 Å². The van der Waals surface area contributed by atoms with Gasteiger partial charge in [0.05, 0.1) is 0 Å². The van der Waals surface area contributed by atoms with E-state index in [1.165, 1.54) is 0 Å². The van der Waals surface area contributed by atoms with Crippen molar-refractivity contribution in [2.75, 3.05) is 13.1 Å². The van der Waals surface area contributed by atoms with Gasteiger partial charge in [0.15, 0.2) is 0 Å². The summed E-state index contributed by atoms with van der Waals surface area (Å²) in [6, 6.07) is 0. The summed E-state index contributed by atoms with van der Waals surface area (Å²) in [6.45, 7) is 4.42. The van der Waals surface area contributed by atoms with Gasteiger partial charge in [-0.2, -0.15) is 0 Å². The van der Waals surface area contributed by atoms with Gasteiger partial charge in [0.2, 0.25) is 0 Å². The highest BCUT2D eigenvalue weighted by atomic mass is 35.5. The van der Waals surface area contributed by atoms with Crippen LogP contribution in [0.4, 0.5) is 0 Å². The summed E-state index contributed by atoms with van der Waals surface area (Å²) in [5, 5.41) is 7.49. The zero-order valence-corrected chi connectivity index (χ0v) is 10.9. The zero-order valence-electron chi connectivity index (χ0n) is 8.50. The van der Waals surface area contributed by atoms with Crippen LogP contribution in [-0.2, 0) is 10.0 Å². The molecule has 0 aromatic rings. The Morgan fingerprint density at radius 1 is 1.53 bits per heavy atom. The Kier molecular flexibility index (Phi) is 4.30. The van der Waals surface area contributed by atoms with Crippen LogP contribution in [0, 0.1) is 0 Å². The van der Waals surface area contributed by atoms with E-state index in [-0.39, 0.29) is 0 Å². The lowest BCUT2D eigenvalue weighted by Gasteiger charge is -2.29. The number of nitrogens with one attached hydrogen (secondary N) is 3. The van der Waals surface area contributed by atoms with Crippen molar-refractivity contribution < 1.29 is 8.42 Å². The summed E-state index contributed by atoms with van der Waals surface area (Å²) < 4.78 is 25.0. The number of sulfonamides is 1. The summed E-state index contributed by atoms with van der Waals surface area (Å²) >= 11 is 6.84. The van der Waals surface area contributed by atoms with E-state index in [9.17, 15) is 8.42 Å². The number of rotatable bonds is 5. The van der Waals surface area contributed by atoms with Gasteiger partial charge in [-0.15, -0.1) is 0 Å². The first kappa shape index (κ1) is 13.1. The predicted octanol–water partition coefficient (Wildman–Crippen LogP) is 0.521. The van der Waals surface area contributed by atoms with Gasteiger partial charge in [0.1, 0.15) is 5.16 Å². The van der Waals surface area contributed by atoms with Crippen molar-refractivity contribution in [3.63, 3.8) is 0 Å². The minimum Gasteiger partial charge on any atom is -0.335 e. The van der Waals surface area contributed by atoms with Crippen LogP contribution in [0.1, 0.15) is 13.8 Å². The molecule has 0 amide bonds. The molecule has 1 heterocycles. The van der Waals surface area contributed by atoms with Gasteiger partial charge in [-0.05, 0) is 6.54 Å². The molecule has 0 spiro atoms. The molecule has 5 nitrogen and oxygen atoms in total. The van der Waals surface area contributed by atoms with Gasteiger partial charge < -0.3 is 5.32 Å². The van der Waals surface area contributed by atoms with Gasteiger partial charge in [-0.3, -0.25) is 5.32 Å². The summed E-state index contributed by atoms with van der Waals surface area (Å²) in [7, 11) is -3.51. The molecule has 1 rings (SSSR count). The van der Waals surface area contributed by atoms with Crippen molar-refractivity contribution in [2.45, 2.75) is 18.2 Å². The van der Waals surface area contributed by atoms with Crippen molar-refractivity contribution in [1.82, 2.24) is 15.4 Å². The van der Waals surface area contributed by atoms with Crippen LogP contribution in [0.5, 0.6) is 0 Å². The molecule has 1 aliphatic rings. The van der Waals surface area contributed by atoms with Gasteiger partial charge in [-0.1, -0.05) is 37.2 Å². The molecule has 1 unspecified atom stereocenters. The average Bonchev–Trinajstić information content (AvgIpc) is 2.49. The van der Waals surface area contributed by atoms with Crippen LogP contribution in [0.3, 0.4) is 0 Å². The normalized spacial score (nSPS) is 26.2. The quantitative estimate of drug-likeness (QED) is 0.636. The molecule has 1 atom stereocenters. The number of thioether (sulfide) groups is 1. The first-order valence-corrected chi connectivity index (χ1v) is 7.27. The van der Waals surface area contributed by atoms with Crippen LogP contribution in [0.25, 0.3) is 0 Å². The van der Waals surface area contributed by atoms with E-state index in [1.54, 1.807) is 12.3 Å². The Labute approximate surface area is 99.1 Å². The maximum atomic E-state index is 11.9. The SMILES string of the molecule is CCNC1(S(=O)(=O)NCC)NC(Cl)=CS1. The molecule has 8 heteroatoms. The first-order valence-electron chi connectivity index (χ1n) is 4.53. The third-order valence-electron chi connectivity index (χ3n) is 1.73. The second-order valence-electron chi connectivity index (χ2n) is 2.86. The fraction of sp³-hybridized carbons (Fsp3) is 0.714. The van der Waals surface area contributed by atoms with Crippen molar-refractivity contribution in [3.8, 4) is 0 Å². The maximum absolute atomic E-state index is 11.9. The molecule has 1 aliphatic heterocycles. The molecule has 0 saturated heterocycles. The van der Waals surface area contributed by atoms with Crippen molar-refractivity contribution in [2.24, 2.45) is 0 Å². The summed E-state index contributed by atoms with van der Waals surface area (Å²) in [6.07, 6.45) is 0. The molecule has 88 valence electrons. The third kappa shape index (κ3) is 2.59. The first-order chi connectivity index (χ1) is 6.97. The van der Waals surface area contributed by atoms with E-state index in [0.717, 1.165) is 11.8 Å². The van der Waals surface area contributed by atoms with Crippen LogP contribution >= 0.6 is 23.4 Å². The molecular formula is C7H14ClN3O2S2. The summed E-state index contributed by atoms with van der Waals surface area (Å²) in [4.78, 5) is 0. The smallest absolute Gasteiger partial charge is 0.261 e. The lowest BCUT2D eigenvalue weighted by Crippen LogP contribution is -2.60. The van der Waals surface area contributed by atoms with E-state index in [0.29, 0.717) is 18.2 Å². The van der Waals surface area contributed by atoms with Crippen molar-refractivity contribution >= 4 is 33.4 Å². The Bertz CT molecular complexity index is 357. The lowest BCUT2D eigenvalue weighted by atomic mass is 10.7. The minimum atomic E-state index is -3.51. The molecule has 0 aromatic carbocycles. The van der Waals surface area contributed by atoms with Gasteiger partial charge in [0, 0.05) is 12.0 Å². The fourth-order valence-electron chi connectivity index (χ4n) is 1.19. The number of halogens is 1. The van der Waals surface area contributed by atoms with E-state index in [4.69, 9.17) is 11.6 Å². The molecule has 0 aliphatic carbocycles. The topological polar surface area (TPSA) is 70.2 Å². The van der Waals surface area contributed by atoms with Crippen LogP contribution in [0.2, 0.25) is 0 Å². The molecule has 0 radical (unpaired) electrons. The molecule has 0 saturated carbocycles. The van der Waals surface area contributed by atoms with Crippen LogP contribution in [-0.4, -0.2) is 25.8 Å². The summed E-state index contributed by atoms with van der Waals surface area (Å²) in [5.74, 6) is 0. The Hall–Kier alpha value is 0.0500. The lowest BCUT2D eigenvalue weighted by molar-refractivity contribution is 0.501. The Morgan fingerprint density at radius 2 is 2.20 bits per heavy atom. The van der Waals surface area contributed by atoms with E-state index >= 15 is 0 Å². The molecule has 0 bridgehead atoms. The molecular weight excluding hydrogens is 258 g/mol.